The van der Waals surface area contributed by atoms with Gasteiger partial charge in [-0.2, -0.15) is 0 Å². The van der Waals surface area contributed by atoms with Crippen molar-refractivity contribution in [1.29, 1.82) is 0 Å². The highest BCUT2D eigenvalue weighted by molar-refractivity contribution is 5.69. The number of unbranched alkanes of at least 4 members (excludes halogenated alkanes) is 20. The van der Waals surface area contributed by atoms with Crippen LogP contribution < -0.4 is 0 Å². The van der Waals surface area contributed by atoms with E-state index in [2.05, 4.69) is 38.2 Å². The Morgan fingerprint density at radius 3 is 1.48 bits per heavy atom. The highest BCUT2D eigenvalue weighted by Crippen LogP contribution is 2.12. The molecular weight excluding hydrogens is 496 g/mol. The maximum atomic E-state index is 12.1. The lowest BCUT2D eigenvalue weighted by Gasteiger charge is -2.15. The molecule has 0 spiro atoms. The molecule has 0 aliphatic heterocycles. The molecule has 0 aromatic carbocycles. The Morgan fingerprint density at radius 2 is 0.975 bits per heavy atom. The van der Waals surface area contributed by atoms with Gasteiger partial charge < -0.3 is 14.6 Å². The van der Waals surface area contributed by atoms with Crippen molar-refractivity contribution in [3.8, 4) is 0 Å². The van der Waals surface area contributed by atoms with Gasteiger partial charge in [-0.25, -0.2) is 0 Å². The van der Waals surface area contributed by atoms with Gasteiger partial charge in [-0.05, 0) is 64.2 Å². The quantitative estimate of drug-likeness (QED) is 0.0501. The summed E-state index contributed by atoms with van der Waals surface area (Å²) in [6, 6.07) is 0. The summed E-state index contributed by atoms with van der Waals surface area (Å²) < 4.78 is 11.1. The molecule has 0 amide bonds. The Labute approximate surface area is 249 Å². The predicted octanol–water partition coefficient (Wildman–Crippen LogP) is 10.8. The van der Waals surface area contributed by atoms with E-state index < -0.39 is 6.10 Å². The average molecular weight is 565 g/mol. The van der Waals surface area contributed by atoms with Crippen LogP contribution in [0.15, 0.2) is 24.3 Å². The van der Waals surface area contributed by atoms with Crippen LogP contribution in [0.1, 0.15) is 174 Å². The van der Waals surface area contributed by atoms with Crippen LogP contribution >= 0.6 is 0 Å². The van der Waals surface area contributed by atoms with Crippen molar-refractivity contribution in [1.82, 2.24) is 0 Å². The molecule has 4 nitrogen and oxygen atoms in total. The Bertz CT molecular complexity index is 557. The SMILES string of the molecule is CCCCC/C=C\CCCCCCCC(=O)OC(CO)COCCCCCCCC/C=C\CCCCCCCC. The summed E-state index contributed by atoms with van der Waals surface area (Å²) in [7, 11) is 0. The minimum atomic E-state index is -0.536. The Hall–Kier alpha value is -1.13. The summed E-state index contributed by atoms with van der Waals surface area (Å²) in [5, 5.41) is 9.52. The monoisotopic (exact) mass is 565 g/mol. The van der Waals surface area contributed by atoms with Crippen LogP contribution in [0.2, 0.25) is 0 Å². The van der Waals surface area contributed by atoms with E-state index in [0.717, 1.165) is 19.3 Å². The lowest BCUT2D eigenvalue weighted by Crippen LogP contribution is -2.27. The van der Waals surface area contributed by atoms with Gasteiger partial charge in [0.25, 0.3) is 0 Å². The molecule has 4 heteroatoms. The molecule has 1 atom stereocenters. The first-order valence-electron chi connectivity index (χ1n) is 17.4. The molecule has 0 saturated carbocycles. The van der Waals surface area contributed by atoms with E-state index in [4.69, 9.17) is 9.47 Å². The van der Waals surface area contributed by atoms with Crippen molar-refractivity contribution in [3.05, 3.63) is 24.3 Å². The zero-order chi connectivity index (χ0) is 29.2. The van der Waals surface area contributed by atoms with E-state index in [1.54, 1.807) is 0 Å². The number of rotatable bonds is 32. The lowest BCUT2D eigenvalue weighted by molar-refractivity contribution is -0.154. The van der Waals surface area contributed by atoms with Crippen molar-refractivity contribution in [2.45, 2.75) is 180 Å². The first kappa shape index (κ1) is 38.9. The smallest absolute Gasteiger partial charge is 0.306 e. The topological polar surface area (TPSA) is 55.8 Å². The van der Waals surface area contributed by atoms with Crippen molar-refractivity contribution in [3.63, 3.8) is 0 Å². The van der Waals surface area contributed by atoms with Gasteiger partial charge in [0.15, 0.2) is 0 Å². The summed E-state index contributed by atoms with van der Waals surface area (Å²) >= 11 is 0. The van der Waals surface area contributed by atoms with Gasteiger partial charge >= 0.3 is 5.97 Å². The predicted molar refractivity (Wildman–Crippen MR) is 173 cm³/mol. The number of ether oxygens (including phenoxy) is 2. The molecule has 0 aromatic heterocycles. The summed E-state index contributed by atoms with van der Waals surface area (Å²) in [5.41, 5.74) is 0. The normalized spacial score (nSPS) is 12.6. The van der Waals surface area contributed by atoms with Gasteiger partial charge in [0.05, 0.1) is 13.2 Å². The second-order valence-electron chi connectivity index (χ2n) is 11.6. The zero-order valence-electron chi connectivity index (χ0n) is 26.9. The number of hydrogen-bond acceptors (Lipinski definition) is 4. The van der Waals surface area contributed by atoms with E-state index in [9.17, 15) is 9.90 Å². The second kappa shape index (κ2) is 34.1. The standard InChI is InChI=1S/C36H68O4/c1-3-5-7-9-11-13-15-17-18-19-20-22-24-26-28-30-32-39-34-35(33-37)40-36(38)31-29-27-25-23-21-16-14-12-10-8-6-4-2/h12,14,17-18,35,37H,3-11,13,15-16,19-34H2,1-2H3/b14-12-,18-17-. The minimum absolute atomic E-state index is 0.175. The maximum Gasteiger partial charge on any atom is 0.306 e. The summed E-state index contributed by atoms with van der Waals surface area (Å²) in [6.07, 6.45) is 39.2. The fourth-order valence-corrected chi connectivity index (χ4v) is 4.84. The fourth-order valence-electron chi connectivity index (χ4n) is 4.84. The summed E-state index contributed by atoms with van der Waals surface area (Å²) in [5.74, 6) is -0.213. The number of aliphatic hydroxyl groups is 1. The molecule has 0 bridgehead atoms. The zero-order valence-corrected chi connectivity index (χ0v) is 26.9. The molecule has 0 aliphatic rings. The Morgan fingerprint density at radius 1 is 0.575 bits per heavy atom. The van der Waals surface area contributed by atoms with E-state index in [1.807, 2.05) is 0 Å². The van der Waals surface area contributed by atoms with Crippen LogP contribution in [0.5, 0.6) is 0 Å². The highest BCUT2D eigenvalue weighted by atomic mass is 16.6. The maximum absolute atomic E-state index is 12.1. The molecule has 0 heterocycles. The number of esters is 1. The van der Waals surface area contributed by atoms with Gasteiger partial charge in [0, 0.05) is 13.0 Å². The minimum Gasteiger partial charge on any atom is -0.457 e. The number of carbonyl (C=O) groups is 1. The van der Waals surface area contributed by atoms with Crippen molar-refractivity contribution in [2.75, 3.05) is 19.8 Å². The summed E-state index contributed by atoms with van der Waals surface area (Å²) in [6.45, 7) is 5.30. The van der Waals surface area contributed by atoms with E-state index in [-0.39, 0.29) is 12.6 Å². The Balaban J connectivity index is 3.45. The number of aliphatic hydroxyl groups excluding tert-OH is 1. The molecule has 0 aromatic rings. The third-order valence-corrected chi connectivity index (χ3v) is 7.50. The van der Waals surface area contributed by atoms with Gasteiger partial charge in [0.2, 0.25) is 0 Å². The first-order chi connectivity index (χ1) is 19.7. The van der Waals surface area contributed by atoms with Gasteiger partial charge in [-0.3, -0.25) is 4.79 Å². The molecule has 0 saturated heterocycles. The third kappa shape index (κ3) is 31.4. The fraction of sp³-hybridized carbons (Fsp3) is 0.861. The number of hydrogen-bond donors (Lipinski definition) is 1. The second-order valence-corrected chi connectivity index (χ2v) is 11.6. The van der Waals surface area contributed by atoms with Crippen LogP contribution in [-0.2, 0) is 14.3 Å². The molecule has 1 N–H and O–H groups in total. The van der Waals surface area contributed by atoms with Gasteiger partial charge in [0.1, 0.15) is 6.10 Å². The van der Waals surface area contributed by atoms with Gasteiger partial charge in [-0.1, -0.05) is 128 Å². The van der Waals surface area contributed by atoms with Crippen LogP contribution in [0.25, 0.3) is 0 Å². The Kier molecular flexibility index (Phi) is 33.1. The van der Waals surface area contributed by atoms with Crippen molar-refractivity contribution < 1.29 is 19.4 Å². The van der Waals surface area contributed by atoms with Crippen LogP contribution in [0.4, 0.5) is 0 Å². The number of allylic oxidation sites excluding steroid dienone is 4. The molecule has 1 unspecified atom stereocenters. The van der Waals surface area contributed by atoms with Crippen molar-refractivity contribution in [2.24, 2.45) is 0 Å². The van der Waals surface area contributed by atoms with E-state index >= 15 is 0 Å². The van der Waals surface area contributed by atoms with Crippen LogP contribution in [0, 0.1) is 0 Å². The lowest BCUT2D eigenvalue weighted by atomic mass is 10.1. The van der Waals surface area contributed by atoms with Crippen LogP contribution in [0.3, 0.4) is 0 Å². The molecular formula is C36H68O4. The van der Waals surface area contributed by atoms with E-state index in [1.165, 1.54) is 135 Å². The van der Waals surface area contributed by atoms with Crippen LogP contribution in [-0.4, -0.2) is 37.0 Å². The first-order valence-corrected chi connectivity index (χ1v) is 17.4. The molecule has 0 fully saturated rings. The highest BCUT2D eigenvalue weighted by Gasteiger charge is 2.13. The molecule has 0 aliphatic carbocycles. The summed E-state index contributed by atoms with van der Waals surface area (Å²) in [4.78, 5) is 12.1. The van der Waals surface area contributed by atoms with E-state index in [0.29, 0.717) is 19.6 Å². The molecule has 0 rings (SSSR count). The molecule has 236 valence electrons. The van der Waals surface area contributed by atoms with Crippen molar-refractivity contribution >= 4 is 5.97 Å². The number of carbonyl (C=O) groups excluding carboxylic acids is 1. The third-order valence-electron chi connectivity index (χ3n) is 7.50. The largest absolute Gasteiger partial charge is 0.457 e. The van der Waals surface area contributed by atoms with Gasteiger partial charge in [-0.15, -0.1) is 0 Å². The molecule has 40 heavy (non-hydrogen) atoms. The molecule has 0 radical (unpaired) electrons. The average Bonchev–Trinajstić information content (AvgIpc) is 2.96.